The zero-order chi connectivity index (χ0) is 14.8. The highest BCUT2D eigenvalue weighted by Gasteiger charge is 2.37. The predicted molar refractivity (Wildman–Crippen MR) is 61.6 cm³/mol. The second-order valence-electron chi connectivity index (χ2n) is 3.39. The molecule has 0 amide bonds. The molecule has 0 radical (unpaired) electrons. The van der Waals surface area contributed by atoms with Crippen LogP contribution in [-0.2, 0) is 6.18 Å². The largest absolute Gasteiger partial charge is 0.417 e. The Labute approximate surface area is 112 Å². The number of Topliss-reactive ketones (excluding diaryl/α,β-unsaturated/α-hetero) is 1. The van der Waals surface area contributed by atoms with E-state index in [0.29, 0.717) is 12.1 Å². The third-order valence-electron chi connectivity index (χ3n) is 2.22. The maximum Gasteiger partial charge on any atom is 0.417 e. The molecule has 0 unspecified atom stereocenters. The van der Waals surface area contributed by atoms with Crippen LogP contribution in [-0.4, -0.2) is 22.3 Å². The summed E-state index contributed by atoms with van der Waals surface area (Å²) in [5.41, 5.74) is -3.79. The van der Waals surface area contributed by atoms with Gasteiger partial charge in [-0.25, -0.2) is 0 Å². The van der Waals surface area contributed by atoms with Crippen LogP contribution in [0.15, 0.2) is 12.1 Å². The second-order valence-corrected chi connectivity index (χ2v) is 3.95. The maximum atomic E-state index is 12.7. The number of halogens is 4. The van der Waals surface area contributed by atoms with Crippen molar-refractivity contribution in [2.45, 2.75) is 6.18 Å². The Morgan fingerprint density at radius 3 is 2.37 bits per heavy atom. The van der Waals surface area contributed by atoms with Gasteiger partial charge < -0.3 is 0 Å². The predicted octanol–water partition coefficient (Wildman–Crippen LogP) is 3.00. The molecule has 0 fully saturated rings. The lowest BCUT2D eigenvalue weighted by Gasteiger charge is -2.12. The molecule has 0 heterocycles. The lowest BCUT2D eigenvalue weighted by molar-refractivity contribution is -0.385. The highest BCUT2D eigenvalue weighted by molar-refractivity contribution is 9.09. The molecule has 0 saturated carbocycles. The van der Waals surface area contributed by atoms with Gasteiger partial charge in [-0.3, -0.25) is 19.7 Å². The summed E-state index contributed by atoms with van der Waals surface area (Å²) in [5, 5.41) is 10.2. The minimum absolute atomic E-state index is 0.0598. The third kappa shape index (κ3) is 3.16. The molecule has 1 aromatic carbocycles. The minimum Gasteiger partial charge on any atom is -0.298 e. The molecule has 1 aromatic rings. The van der Waals surface area contributed by atoms with Crippen molar-refractivity contribution in [2.75, 3.05) is 5.33 Å². The number of rotatable bonds is 4. The Kier molecular flexibility index (Phi) is 4.40. The molecule has 102 valence electrons. The minimum atomic E-state index is -4.89. The summed E-state index contributed by atoms with van der Waals surface area (Å²) in [6, 6.07) is 0.775. The first-order valence-corrected chi connectivity index (χ1v) is 5.78. The number of carbonyl (C=O) groups is 2. The van der Waals surface area contributed by atoms with Crippen molar-refractivity contribution in [3.63, 3.8) is 0 Å². The highest BCUT2D eigenvalue weighted by Crippen LogP contribution is 2.35. The SMILES string of the molecule is O=Cc1cc(C(F)(F)F)c(C(=O)CBr)cc1[N+](=O)[O-]. The van der Waals surface area contributed by atoms with E-state index in [9.17, 15) is 32.9 Å². The smallest absolute Gasteiger partial charge is 0.298 e. The van der Waals surface area contributed by atoms with Gasteiger partial charge in [0.15, 0.2) is 12.1 Å². The molecule has 0 spiro atoms. The van der Waals surface area contributed by atoms with Crippen LogP contribution < -0.4 is 0 Å². The number of alkyl halides is 4. The van der Waals surface area contributed by atoms with E-state index in [0.717, 1.165) is 0 Å². The molecule has 19 heavy (non-hydrogen) atoms. The average Bonchev–Trinajstić information content (AvgIpc) is 2.34. The number of nitrogens with zero attached hydrogens (tertiary/aromatic N) is 1. The summed E-state index contributed by atoms with van der Waals surface area (Å²) in [4.78, 5) is 31.6. The van der Waals surface area contributed by atoms with E-state index in [1.54, 1.807) is 0 Å². The van der Waals surface area contributed by atoms with Crippen LogP contribution in [0.2, 0.25) is 0 Å². The lowest BCUT2D eigenvalue weighted by atomic mass is 9.99. The maximum absolute atomic E-state index is 12.7. The first-order valence-electron chi connectivity index (χ1n) is 4.66. The van der Waals surface area contributed by atoms with Crippen molar-refractivity contribution in [1.82, 2.24) is 0 Å². The lowest BCUT2D eigenvalue weighted by Crippen LogP contribution is -2.15. The van der Waals surface area contributed by atoms with Crippen LogP contribution in [0.25, 0.3) is 0 Å². The van der Waals surface area contributed by atoms with E-state index < -0.39 is 44.6 Å². The Balaban J connectivity index is 3.67. The zero-order valence-corrected chi connectivity index (χ0v) is 10.6. The van der Waals surface area contributed by atoms with Crippen LogP contribution in [0.3, 0.4) is 0 Å². The highest BCUT2D eigenvalue weighted by atomic mass is 79.9. The molecule has 0 aliphatic rings. The first-order chi connectivity index (χ1) is 8.72. The summed E-state index contributed by atoms with van der Waals surface area (Å²) < 4.78 is 38.2. The van der Waals surface area contributed by atoms with Crippen LogP contribution in [0, 0.1) is 10.1 Å². The molecule has 0 aromatic heterocycles. The van der Waals surface area contributed by atoms with Gasteiger partial charge in [0, 0.05) is 11.6 Å². The fourth-order valence-corrected chi connectivity index (χ4v) is 1.70. The van der Waals surface area contributed by atoms with E-state index >= 15 is 0 Å². The van der Waals surface area contributed by atoms with E-state index in [2.05, 4.69) is 15.9 Å². The molecular weight excluding hydrogens is 335 g/mol. The van der Waals surface area contributed by atoms with Crippen molar-refractivity contribution in [2.24, 2.45) is 0 Å². The number of nitro benzene ring substituents is 1. The number of hydrogen-bond acceptors (Lipinski definition) is 4. The summed E-state index contributed by atoms with van der Waals surface area (Å²) >= 11 is 2.69. The summed E-state index contributed by atoms with van der Waals surface area (Å²) in [6.07, 6.45) is -4.95. The van der Waals surface area contributed by atoms with Crippen LogP contribution in [0.1, 0.15) is 26.3 Å². The summed E-state index contributed by atoms with van der Waals surface area (Å²) in [6.45, 7) is 0. The molecule has 0 aliphatic carbocycles. The molecule has 5 nitrogen and oxygen atoms in total. The van der Waals surface area contributed by atoms with Crippen molar-refractivity contribution in [3.05, 3.63) is 38.9 Å². The molecule has 0 N–H and O–H groups in total. The molecule has 0 bridgehead atoms. The molecular formula is C10H5BrF3NO4. The van der Waals surface area contributed by atoms with Crippen LogP contribution >= 0.6 is 15.9 Å². The summed E-state index contributed by atoms with van der Waals surface area (Å²) in [7, 11) is 0. The molecule has 1 rings (SSSR count). The fourth-order valence-electron chi connectivity index (χ4n) is 1.39. The number of aldehydes is 1. The van der Waals surface area contributed by atoms with Crippen LogP contribution in [0.4, 0.5) is 18.9 Å². The van der Waals surface area contributed by atoms with Gasteiger partial charge in [0.2, 0.25) is 0 Å². The fraction of sp³-hybridized carbons (Fsp3) is 0.200. The molecule has 9 heteroatoms. The molecule has 0 aliphatic heterocycles. The van der Waals surface area contributed by atoms with E-state index in [1.807, 2.05) is 0 Å². The van der Waals surface area contributed by atoms with Crippen molar-refractivity contribution in [3.8, 4) is 0 Å². The van der Waals surface area contributed by atoms with Gasteiger partial charge in [-0.05, 0) is 6.07 Å². The standard InChI is InChI=1S/C10H5BrF3NO4/c11-3-9(17)6-2-8(15(18)19)5(4-16)1-7(6)10(12,13)14/h1-2,4H,3H2. The Bertz CT molecular complexity index is 556. The number of hydrogen-bond donors (Lipinski definition) is 0. The molecule has 0 atom stereocenters. The normalized spacial score (nSPS) is 11.2. The Hall–Kier alpha value is -1.77. The van der Waals surface area contributed by atoms with Gasteiger partial charge in [-0.1, -0.05) is 15.9 Å². The number of carbonyl (C=O) groups excluding carboxylic acids is 2. The second kappa shape index (κ2) is 5.47. The summed E-state index contributed by atoms with van der Waals surface area (Å²) in [5.74, 6) is -0.965. The number of ketones is 1. The van der Waals surface area contributed by atoms with Gasteiger partial charge in [0.05, 0.1) is 21.4 Å². The third-order valence-corrected chi connectivity index (χ3v) is 2.73. The topological polar surface area (TPSA) is 77.3 Å². The van der Waals surface area contributed by atoms with Gasteiger partial charge in [-0.15, -0.1) is 0 Å². The number of nitro groups is 1. The monoisotopic (exact) mass is 339 g/mol. The van der Waals surface area contributed by atoms with Gasteiger partial charge in [-0.2, -0.15) is 13.2 Å². The van der Waals surface area contributed by atoms with Crippen LogP contribution in [0.5, 0.6) is 0 Å². The van der Waals surface area contributed by atoms with E-state index in [4.69, 9.17) is 0 Å². The molecule has 0 saturated heterocycles. The van der Waals surface area contributed by atoms with E-state index in [1.165, 1.54) is 0 Å². The first kappa shape index (κ1) is 15.3. The van der Waals surface area contributed by atoms with Crippen molar-refractivity contribution < 1.29 is 27.7 Å². The Morgan fingerprint density at radius 2 is 2.00 bits per heavy atom. The Morgan fingerprint density at radius 1 is 1.42 bits per heavy atom. The average molecular weight is 340 g/mol. The van der Waals surface area contributed by atoms with Crippen molar-refractivity contribution in [1.29, 1.82) is 0 Å². The van der Waals surface area contributed by atoms with Gasteiger partial charge >= 0.3 is 6.18 Å². The van der Waals surface area contributed by atoms with Gasteiger partial charge in [0.1, 0.15) is 0 Å². The van der Waals surface area contributed by atoms with Gasteiger partial charge in [0.25, 0.3) is 5.69 Å². The zero-order valence-electron chi connectivity index (χ0n) is 9.03. The quantitative estimate of drug-likeness (QED) is 0.278. The van der Waals surface area contributed by atoms with E-state index in [-0.39, 0.29) is 6.29 Å². The van der Waals surface area contributed by atoms with Crippen molar-refractivity contribution >= 4 is 33.7 Å². The number of benzene rings is 1.